The number of hydrogen-bond acceptors (Lipinski definition) is 7. The van der Waals surface area contributed by atoms with Crippen molar-refractivity contribution in [2.45, 2.75) is 33.1 Å². The number of rotatable bonds is 3. The topological polar surface area (TPSA) is 121 Å². The monoisotopic (exact) mass is 412 g/mol. The molecular weight excluding hydrogens is 388 g/mol. The van der Waals surface area contributed by atoms with Gasteiger partial charge >= 0.3 is 0 Å². The van der Waals surface area contributed by atoms with Crippen LogP contribution in [0.4, 0.5) is 0 Å². The second-order valence-electron chi connectivity index (χ2n) is 7.01. The summed E-state index contributed by atoms with van der Waals surface area (Å²) in [6, 6.07) is 4.59. The fourth-order valence-electron chi connectivity index (χ4n) is 4.21. The summed E-state index contributed by atoms with van der Waals surface area (Å²) in [7, 11) is 1.38. The Balaban J connectivity index is 0.00000124. The molecule has 0 amide bonds. The van der Waals surface area contributed by atoms with Crippen molar-refractivity contribution in [3.05, 3.63) is 51.6 Å². The van der Waals surface area contributed by atoms with Crippen molar-refractivity contribution < 1.29 is 34.4 Å². The van der Waals surface area contributed by atoms with Gasteiger partial charge in [0.05, 0.1) is 23.8 Å². The van der Waals surface area contributed by atoms with Crippen LogP contribution in [0.15, 0.2) is 18.2 Å². The third kappa shape index (κ3) is 3.06. The number of aromatic hydroxyl groups is 2. The van der Waals surface area contributed by atoms with E-state index >= 15 is 0 Å². The molecule has 158 valence electrons. The number of phenols is 2. The summed E-state index contributed by atoms with van der Waals surface area (Å²) < 4.78 is 5.20. The van der Waals surface area contributed by atoms with Gasteiger partial charge in [0.15, 0.2) is 11.6 Å². The lowest BCUT2D eigenvalue weighted by Gasteiger charge is -2.29. The average Bonchev–Trinajstić information content (AvgIpc) is 2.79. The number of aliphatic hydroxyl groups excluding tert-OH is 1. The molecule has 0 bridgehead atoms. The predicted octanol–water partition coefficient (Wildman–Crippen LogP) is 2.57. The third-order valence-electron chi connectivity index (χ3n) is 5.64. The molecule has 0 aromatic heterocycles. The molecular formula is C23H24O7. The first-order chi connectivity index (χ1) is 14.4. The van der Waals surface area contributed by atoms with Gasteiger partial charge in [-0.25, -0.2) is 0 Å². The number of carbonyl (C=O) groups excluding carboxylic acids is 3. The van der Waals surface area contributed by atoms with Crippen molar-refractivity contribution in [1.82, 2.24) is 0 Å². The Hall–Kier alpha value is -3.19. The second-order valence-corrected chi connectivity index (χ2v) is 7.01. The fourth-order valence-corrected chi connectivity index (χ4v) is 4.21. The number of benzene rings is 2. The molecule has 7 nitrogen and oxygen atoms in total. The molecule has 1 atom stereocenters. The van der Waals surface area contributed by atoms with Crippen LogP contribution in [0.2, 0.25) is 0 Å². The minimum absolute atomic E-state index is 0.0568. The molecule has 0 radical (unpaired) electrons. The molecule has 0 aliphatic heterocycles. The van der Waals surface area contributed by atoms with E-state index in [2.05, 4.69) is 0 Å². The zero-order valence-corrected chi connectivity index (χ0v) is 17.1. The van der Waals surface area contributed by atoms with E-state index in [4.69, 9.17) is 9.84 Å². The highest BCUT2D eigenvalue weighted by atomic mass is 16.5. The van der Waals surface area contributed by atoms with Crippen LogP contribution >= 0.6 is 0 Å². The number of carbonyl (C=O) groups is 3. The number of hydrogen-bond donors (Lipinski definition) is 3. The van der Waals surface area contributed by atoms with Gasteiger partial charge in [-0.1, -0.05) is 26.0 Å². The van der Waals surface area contributed by atoms with Gasteiger partial charge in [-0.3, -0.25) is 14.4 Å². The maximum atomic E-state index is 13.1. The Morgan fingerprint density at radius 1 is 1.03 bits per heavy atom. The van der Waals surface area contributed by atoms with Crippen LogP contribution in [-0.2, 0) is 17.6 Å². The summed E-state index contributed by atoms with van der Waals surface area (Å²) in [5.41, 5.74) is 0.301. The highest BCUT2D eigenvalue weighted by molar-refractivity contribution is 6.31. The summed E-state index contributed by atoms with van der Waals surface area (Å²) in [5.74, 6) is -2.56. The van der Waals surface area contributed by atoms with E-state index in [1.54, 1.807) is 12.1 Å². The van der Waals surface area contributed by atoms with Crippen LogP contribution in [0.3, 0.4) is 0 Å². The van der Waals surface area contributed by atoms with Crippen LogP contribution in [0.25, 0.3) is 0 Å². The fraction of sp³-hybridized carbons (Fsp3) is 0.348. The minimum Gasteiger partial charge on any atom is -0.507 e. The zero-order valence-electron chi connectivity index (χ0n) is 17.1. The predicted molar refractivity (Wildman–Crippen MR) is 109 cm³/mol. The average molecular weight is 412 g/mol. The van der Waals surface area contributed by atoms with Gasteiger partial charge in [-0.2, -0.15) is 0 Å². The Morgan fingerprint density at radius 3 is 2.30 bits per heavy atom. The van der Waals surface area contributed by atoms with Gasteiger partial charge in [0.25, 0.3) is 0 Å². The minimum atomic E-state index is -0.609. The molecule has 7 heteroatoms. The number of Topliss-reactive ketones (excluding diaryl/α,β-unsaturated/α-hetero) is 1. The lowest BCUT2D eigenvalue weighted by molar-refractivity contribution is -0.125. The molecule has 0 saturated heterocycles. The number of aliphatic hydroxyl groups is 1. The summed E-state index contributed by atoms with van der Waals surface area (Å²) in [5, 5.41) is 30.7. The van der Waals surface area contributed by atoms with Crippen molar-refractivity contribution in [2.75, 3.05) is 13.7 Å². The third-order valence-corrected chi connectivity index (χ3v) is 5.64. The molecule has 0 heterocycles. The van der Waals surface area contributed by atoms with E-state index in [0.717, 1.165) is 0 Å². The molecule has 2 aromatic rings. The van der Waals surface area contributed by atoms with Gasteiger partial charge < -0.3 is 20.1 Å². The maximum absolute atomic E-state index is 13.1. The summed E-state index contributed by atoms with van der Waals surface area (Å²) in [6.45, 7) is 3.39. The van der Waals surface area contributed by atoms with E-state index in [0.29, 0.717) is 12.0 Å². The summed E-state index contributed by atoms with van der Waals surface area (Å²) in [6.07, 6.45) is 0.715. The normalized spacial score (nSPS) is 16.6. The number of ether oxygens (including phenoxy) is 1. The maximum Gasteiger partial charge on any atom is 0.202 e. The van der Waals surface area contributed by atoms with Gasteiger partial charge in [-0.15, -0.1) is 0 Å². The largest absolute Gasteiger partial charge is 0.507 e. The molecule has 2 aliphatic rings. The van der Waals surface area contributed by atoms with Crippen LogP contribution in [0.5, 0.6) is 17.2 Å². The molecule has 0 fully saturated rings. The molecule has 30 heavy (non-hydrogen) atoms. The molecule has 2 aliphatic carbocycles. The lowest BCUT2D eigenvalue weighted by atomic mass is 9.75. The smallest absolute Gasteiger partial charge is 0.202 e. The first-order valence-electron chi connectivity index (χ1n) is 9.90. The van der Waals surface area contributed by atoms with Crippen molar-refractivity contribution in [3.8, 4) is 17.2 Å². The molecule has 0 spiro atoms. The Kier molecular flexibility index (Phi) is 5.94. The van der Waals surface area contributed by atoms with Crippen molar-refractivity contribution >= 4 is 17.3 Å². The van der Waals surface area contributed by atoms with E-state index in [9.17, 15) is 24.6 Å². The highest BCUT2D eigenvalue weighted by Crippen LogP contribution is 2.47. The van der Waals surface area contributed by atoms with Crippen LogP contribution < -0.4 is 4.74 Å². The second kappa shape index (κ2) is 8.28. The highest BCUT2D eigenvalue weighted by Gasteiger charge is 2.40. The summed E-state index contributed by atoms with van der Waals surface area (Å²) in [4.78, 5) is 38.1. The van der Waals surface area contributed by atoms with Gasteiger partial charge in [0.1, 0.15) is 23.9 Å². The number of phenolic OH excluding ortho intramolecular Hbond substituents is 2. The lowest BCUT2D eigenvalue weighted by Crippen LogP contribution is -2.28. The SMILES string of the molecule is CC.COc1cccc2c1C(=O)c1c(O)c3c(c(O)c1C2=O)CC(C(=O)CO)CC3. The number of methoxy groups -OCH3 is 1. The first kappa shape index (κ1) is 21.5. The van der Waals surface area contributed by atoms with Gasteiger partial charge in [-0.05, 0) is 25.3 Å². The zero-order chi connectivity index (χ0) is 22.2. The Bertz CT molecular complexity index is 1050. The number of ketones is 3. The van der Waals surface area contributed by atoms with Gasteiger partial charge in [0.2, 0.25) is 5.78 Å². The molecule has 0 saturated carbocycles. The Labute approximate surface area is 173 Å². The van der Waals surface area contributed by atoms with Crippen molar-refractivity contribution in [1.29, 1.82) is 0 Å². The van der Waals surface area contributed by atoms with E-state index in [1.165, 1.54) is 13.2 Å². The van der Waals surface area contributed by atoms with E-state index in [1.807, 2.05) is 13.8 Å². The van der Waals surface area contributed by atoms with Crippen molar-refractivity contribution in [3.63, 3.8) is 0 Å². The van der Waals surface area contributed by atoms with Crippen LogP contribution in [0, 0.1) is 5.92 Å². The Morgan fingerprint density at radius 2 is 1.67 bits per heavy atom. The van der Waals surface area contributed by atoms with E-state index < -0.39 is 24.1 Å². The standard InChI is InChI=1S/C21H18O7.C2H6/c1-28-14-4-2-3-11-15(14)21(27)17-16(19(11)25)20(26)12-7-9(13(23)8-22)5-6-10(12)18(17)24;1-2/h2-4,9,22,24,26H,5-8H2,1H3;1-2H3. The summed E-state index contributed by atoms with van der Waals surface area (Å²) >= 11 is 0. The molecule has 2 aromatic carbocycles. The number of fused-ring (bicyclic) bond motifs is 3. The van der Waals surface area contributed by atoms with Crippen molar-refractivity contribution in [2.24, 2.45) is 5.92 Å². The van der Waals surface area contributed by atoms with Gasteiger partial charge in [0, 0.05) is 22.6 Å². The van der Waals surface area contributed by atoms with Crippen LogP contribution in [0.1, 0.15) is 63.2 Å². The first-order valence-corrected chi connectivity index (χ1v) is 9.90. The van der Waals surface area contributed by atoms with E-state index in [-0.39, 0.29) is 63.7 Å². The molecule has 1 unspecified atom stereocenters. The quantitative estimate of drug-likeness (QED) is 0.565. The van der Waals surface area contributed by atoms with Crippen LogP contribution in [-0.4, -0.2) is 46.4 Å². The molecule has 3 N–H and O–H groups in total. The molecule has 4 rings (SSSR count).